The van der Waals surface area contributed by atoms with Gasteiger partial charge >= 0.3 is 0 Å². The molecular weight excluding hydrogens is 324 g/mol. The Bertz CT molecular complexity index is 818. The molecule has 1 N–H and O–H groups in total. The van der Waals surface area contributed by atoms with E-state index in [-0.39, 0.29) is 4.90 Å². The minimum Gasteiger partial charge on any atom is -0.494 e. The molecule has 0 radical (unpaired) electrons. The van der Waals surface area contributed by atoms with Crippen LogP contribution in [0.2, 0.25) is 0 Å². The van der Waals surface area contributed by atoms with E-state index in [0.717, 1.165) is 16.9 Å². The highest BCUT2D eigenvalue weighted by molar-refractivity contribution is 7.89. The quantitative estimate of drug-likeness (QED) is 0.644. The smallest absolute Gasteiger partial charge is 0.277 e. The molecule has 0 saturated carbocycles. The van der Waals surface area contributed by atoms with Gasteiger partial charge < -0.3 is 4.74 Å². The fourth-order valence-electron chi connectivity index (χ4n) is 2.62. The number of hydrogen-bond donors (Lipinski definition) is 1. The van der Waals surface area contributed by atoms with Crippen LogP contribution < -0.4 is 9.57 Å². The molecule has 0 unspecified atom stereocenters. The normalized spacial score (nSPS) is 11.7. The number of hydrogen-bond acceptors (Lipinski definition) is 4. The van der Waals surface area contributed by atoms with Gasteiger partial charge in [-0.25, -0.2) is 4.83 Å². The Morgan fingerprint density at radius 3 is 2.21 bits per heavy atom. The zero-order chi connectivity index (χ0) is 17.7. The maximum absolute atomic E-state index is 12.5. The number of ether oxygens (including phenoxy) is 1. The summed E-state index contributed by atoms with van der Waals surface area (Å²) in [4.78, 5) is 2.55. The van der Waals surface area contributed by atoms with Gasteiger partial charge in [0.15, 0.2) is 0 Å². The third-order valence-corrected chi connectivity index (χ3v) is 4.98. The number of benzene rings is 2. The Labute approximate surface area is 143 Å². The average Bonchev–Trinajstić information content (AvgIpc) is 2.47. The van der Waals surface area contributed by atoms with E-state index in [2.05, 4.69) is 9.93 Å². The Balaban J connectivity index is 2.15. The molecule has 24 heavy (non-hydrogen) atoms. The van der Waals surface area contributed by atoms with Crippen molar-refractivity contribution in [3.8, 4) is 5.75 Å². The Morgan fingerprint density at radius 2 is 1.67 bits per heavy atom. The van der Waals surface area contributed by atoms with Crippen molar-refractivity contribution in [2.75, 3.05) is 6.61 Å². The summed E-state index contributed by atoms with van der Waals surface area (Å²) in [7, 11) is -3.70. The first-order chi connectivity index (χ1) is 11.3. The van der Waals surface area contributed by atoms with E-state index >= 15 is 0 Å². The first-order valence-electron chi connectivity index (χ1n) is 7.69. The fourth-order valence-corrected chi connectivity index (χ4v) is 3.87. The van der Waals surface area contributed by atoms with E-state index in [1.807, 2.05) is 50.2 Å². The zero-order valence-corrected chi connectivity index (χ0v) is 15.1. The van der Waals surface area contributed by atoms with Gasteiger partial charge in [0.05, 0.1) is 17.7 Å². The molecule has 0 saturated heterocycles. The van der Waals surface area contributed by atoms with E-state index in [4.69, 9.17) is 4.74 Å². The molecule has 2 aromatic carbocycles. The molecule has 0 aromatic heterocycles. The molecule has 0 bridgehead atoms. The van der Waals surface area contributed by atoms with Crippen LogP contribution in [-0.4, -0.2) is 21.2 Å². The van der Waals surface area contributed by atoms with Crippen molar-refractivity contribution in [3.63, 3.8) is 0 Å². The van der Waals surface area contributed by atoms with Crippen LogP contribution in [0.25, 0.3) is 0 Å². The van der Waals surface area contributed by atoms with Crippen molar-refractivity contribution in [1.29, 1.82) is 0 Å². The number of nitrogens with one attached hydrogen (secondary N) is 1. The molecule has 2 rings (SSSR count). The summed E-state index contributed by atoms with van der Waals surface area (Å²) in [6.07, 6.45) is 1.46. The minimum absolute atomic E-state index is 0.275. The van der Waals surface area contributed by atoms with Crippen molar-refractivity contribution in [2.45, 2.75) is 32.6 Å². The lowest BCUT2D eigenvalue weighted by atomic mass is 10.1. The highest BCUT2D eigenvalue weighted by atomic mass is 32.2. The molecule has 0 fully saturated rings. The van der Waals surface area contributed by atoms with E-state index in [1.165, 1.54) is 6.21 Å². The Hall–Kier alpha value is -2.34. The van der Waals surface area contributed by atoms with E-state index < -0.39 is 10.0 Å². The van der Waals surface area contributed by atoms with E-state index in [9.17, 15) is 8.42 Å². The van der Waals surface area contributed by atoms with E-state index in [0.29, 0.717) is 17.7 Å². The summed E-state index contributed by atoms with van der Waals surface area (Å²) in [6, 6.07) is 10.9. The Morgan fingerprint density at radius 1 is 1.08 bits per heavy atom. The number of rotatable bonds is 6. The van der Waals surface area contributed by atoms with Crippen LogP contribution in [0.4, 0.5) is 0 Å². The van der Waals surface area contributed by atoms with Gasteiger partial charge in [0.25, 0.3) is 10.0 Å². The molecule has 0 aliphatic carbocycles. The van der Waals surface area contributed by atoms with Gasteiger partial charge in [-0.15, -0.1) is 0 Å². The highest BCUT2D eigenvalue weighted by Crippen LogP contribution is 2.21. The number of nitrogens with zero attached hydrogens (tertiary/aromatic N) is 1. The third-order valence-electron chi connectivity index (χ3n) is 3.45. The largest absolute Gasteiger partial charge is 0.494 e. The number of aryl methyl sites for hydroxylation is 3. The van der Waals surface area contributed by atoms with Crippen molar-refractivity contribution >= 4 is 16.2 Å². The zero-order valence-electron chi connectivity index (χ0n) is 14.3. The van der Waals surface area contributed by atoms with Crippen molar-refractivity contribution in [2.24, 2.45) is 5.10 Å². The molecule has 6 heteroatoms. The molecule has 0 aliphatic rings. The first kappa shape index (κ1) is 18.0. The topological polar surface area (TPSA) is 67.8 Å². The summed E-state index contributed by atoms with van der Waals surface area (Å²) < 4.78 is 30.3. The summed E-state index contributed by atoms with van der Waals surface area (Å²) in [5.74, 6) is 0.765. The molecule has 0 spiro atoms. The standard InChI is InChI=1S/C18H22N2O3S/c1-5-23-17-8-6-16(7-9-17)12-19-20-24(21,22)18-14(3)10-13(2)11-15(18)4/h6-12,20H,5H2,1-4H3/b19-12+. The summed E-state index contributed by atoms with van der Waals surface area (Å²) in [6.45, 7) is 8.02. The Kier molecular flexibility index (Phi) is 5.62. The molecule has 0 heterocycles. The van der Waals surface area contributed by atoms with E-state index in [1.54, 1.807) is 13.8 Å². The lowest BCUT2D eigenvalue weighted by Gasteiger charge is -2.11. The predicted molar refractivity (Wildman–Crippen MR) is 96.2 cm³/mol. The van der Waals surface area contributed by atoms with Crippen LogP contribution in [0.3, 0.4) is 0 Å². The summed E-state index contributed by atoms with van der Waals surface area (Å²) >= 11 is 0. The third kappa shape index (κ3) is 4.35. The second kappa shape index (κ2) is 7.49. The molecule has 128 valence electrons. The number of hydrazone groups is 1. The summed E-state index contributed by atoms with van der Waals surface area (Å²) in [5, 5.41) is 3.87. The van der Waals surface area contributed by atoms with Crippen molar-refractivity contribution < 1.29 is 13.2 Å². The van der Waals surface area contributed by atoms with Gasteiger partial charge in [-0.2, -0.15) is 13.5 Å². The van der Waals surface area contributed by atoms with Gasteiger partial charge in [-0.05, 0) is 68.7 Å². The lowest BCUT2D eigenvalue weighted by Crippen LogP contribution is -2.20. The minimum atomic E-state index is -3.70. The molecule has 0 atom stereocenters. The van der Waals surface area contributed by atoms with Crippen LogP contribution in [0.5, 0.6) is 5.75 Å². The van der Waals surface area contributed by atoms with Crippen LogP contribution in [0.15, 0.2) is 46.4 Å². The van der Waals surface area contributed by atoms with Crippen LogP contribution in [0, 0.1) is 20.8 Å². The first-order valence-corrected chi connectivity index (χ1v) is 9.17. The SMILES string of the molecule is CCOc1ccc(/C=N/NS(=O)(=O)c2c(C)cc(C)cc2C)cc1. The van der Waals surface area contributed by atoms with Crippen molar-refractivity contribution in [1.82, 2.24) is 4.83 Å². The summed E-state index contributed by atoms with van der Waals surface area (Å²) in [5.41, 5.74) is 3.22. The molecule has 0 amide bonds. The molecule has 2 aromatic rings. The maximum atomic E-state index is 12.5. The molecule has 0 aliphatic heterocycles. The highest BCUT2D eigenvalue weighted by Gasteiger charge is 2.18. The van der Waals surface area contributed by atoms with Crippen molar-refractivity contribution in [3.05, 3.63) is 58.7 Å². The van der Waals surface area contributed by atoms with Gasteiger partial charge in [0.2, 0.25) is 0 Å². The molecule has 5 nitrogen and oxygen atoms in total. The van der Waals surface area contributed by atoms with Crippen LogP contribution in [-0.2, 0) is 10.0 Å². The van der Waals surface area contributed by atoms with Gasteiger partial charge in [-0.1, -0.05) is 17.7 Å². The monoisotopic (exact) mass is 346 g/mol. The maximum Gasteiger partial charge on any atom is 0.277 e. The number of sulfonamides is 1. The second-order valence-corrected chi connectivity index (χ2v) is 7.18. The van der Waals surface area contributed by atoms with Crippen LogP contribution >= 0.6 is 0 Å². The fraction of sp³-hybridized carbons (Fsp3) is 0.278. The predicted octanol–water partition coefficient (Wildman–Crippen LogP) is 3.32. The van der Waals surface area contributed by atoms with Gasteiger partial charge in [0.1, 0.15) is 5.75 Å². The van der Waals surface area contributed by atoms with Gasteiger partial charge in [-0.3, -0.25) is 0 Å². The second-order valence-electron chi connectivity index (χ2n) is 5.58. The van der Waals surface area contributed by atoms with Gasteiger partial charge in [0, 0.05) is 0 Å². The van der Waals surface area contributed by atoms with Crippen LogP contribution in [0.1, 0.15) is 29.2 Å². The average molecular weight is 346 g/mol. The molecular formula is C18H22N2O3S. The lowest BCUT2D eigenvalue weighted by molar-refractivity contribution is 0.340.